The molecular weight excluding hydrogens is 404 g/mol. The topological polar surface area (TPSA) is 72.5 Å². The Labute approximate surface area is 148 Å². The molecule has 1 N–H and O–H groups in total. The lowest BCUT2D eigenvalue weighted by Gasteiger charge is -2.10. The van der Waals surface area contributed by atoms with Gasteiger partial charge in [0, 0.05) is 11.3 Å². The first kappa shape index (κ1) is 20.6. The lowest BCUT2D eigenvalue weighted by molar-refractivity contribution is -0.274. The number of amides is 1. The highest BCUT2D eigenvalue weighted by Crippen LogP contribution is 2.30. The minimum atomic E-state index is -5.54. The number of sulfone groups is 1. The zero-order valence-electron chi connectivity index (χ0n) is 12.9. The van der Waals surface area contributed by atoms with Gasteiger partial charge >= 0.3 is 11.9 Å². The van der Waals surface area contributed by atoms with E-state index in [1.165, 1.54) is 0 Å². The second-order valence-electron chi connectivity index (χ2n) is 5.00. The molecule has 0 saturated heterocycles. The predicted octanol–water partition coefficient (Wildman–Crippen LogP) is 4.13. The molecule has 1 amide bonds. The van der Waals surface area contributed by atoms with Crippen LogP contribution in [0.1, 0.15) is 10.4 Å². The lowest BCUT2D eigenvalue weighted by Crippen LogP contribution is -2.23. The second-order valence-corrected chi connectivity index (χ2v) is 6.94. The van der Waals surface area contributed by atoms with Crippen LogP contribution in [-0.4, -0.2) is 26.2 Å². The highest BCUT2D eigenvalue weighted by molar-refractivity contribution is 7.92. The number of alkyl halides is 6. The van der Waals surface area contributed by atoms with Gasteiger partial charge in [0.2, 0.25) is 0 Å². The molecule has 5 nitrogen and oxygen atoms in total. The van der Waals surface area contributed by atoms with E-state index in [2.05, 4.69) is 10.1 Å². The fraction of sp³-hybridized carbons (Fsp3) is 0.133. The van der Waals surface area contributed by atoms with Crippen molar-refractivity contribution in [3.05, 3.63) is 54.1 Å². The minimum absolute atomic E-state index is 0.0847. The average molecular weight is 413 g/mol. The first-order chi connectivity index (χ1) is 12.3. The van der Waals surface area contributed by atoms with E-state index in [0.29, 0.717) is 12.1 Å². The summed E-state index contributed by atoms with van der Waals surface area (Å²) < 4.78 is 99.7. The highest BCUT2D eigenvalue weighted by atomic mass is 32.2. The van der Waals surface area contributed by atoms with Crippen LogP contribution in [0, 0.1) is 0 Å². The first-order valence-electron chi connectivity index (χ1n) is 6.88. The number of anilines is 1. The quantitative estimate of drug-likeness (QED) is 0.766. The molecule has 0 aliphatic rings. The Morgan fingerprint density at radius 3 is 1.81 bits per heavy atom. The molecular formula is C15H9F6NO4S. The van der Waals surface area contributed by atoms with E-state index in [9.17, 15) is 39.6 Å². The fourth-order valence-electron chi connectivity index (χ4n) is 1.86. The van der Waals surface area contributed by atoms with Gasteiger partial charge in [-0.2, -0.15) is 13.2 Å². The van der Waals surface area contributed by atoms with Crippen LogP contribution in [0.2, 0.25) is 0 Å². The van der Waals surface area contributed by atoms with Crippen LogP contribution in [0.4, 0.5) is 32.0 Å². The average Bonchev–Trinajstić information content (AvgIpc) is 2.54. The maximum atomic E-state index is 12.5. The van der Waals surface area contributed by atoms with Crippen LogP contribution < -0.4 is 10.1 Å². The van der Waals surface area contributed by atoms with Crippen molar-refractivity contribution in [2.24, 2.45) is 0 Å². The van der Waals surface area contributed by atoms with E-state index in [0.717, 1.165) is 36.4 Å². The maximum absolute atomic E-state index is 12.5. The van der Waals surface area contributed by atoms with Crippen LogP contribution in [-0.2, 0) is 9.84 Å². The molecule has 2 aromatic rings. The molecule has 146 valence electrons. The number of ether oxygens (including phenoxy) is 1. The van der Waals surface area contributed by atoms with Crippen LogP contribution >= 0.6 is 0 Å². The van der Waals surface area contributed by atoms with Crippen molar-refractivity contribution in [2.45, 2.75) is 16.8 Å². The number of halogens is 6. The number of hydrogen-bond acceptors (Lipinski definition) is 4. The normalized spacial score (nSPS) is 12.5. The summed E-state index contributed by atoms with van der Waals surface area (Å²) in [5.74, 6) is -1.32. The number of hydrogen-bond donors (Lipinski definition) is 1. The SMILES string of the molecule is O=C(Nc1ccc(OC(F)(F)F)cc1)c1ccc(S(=O)(=O)C(F)(F)F)cc1. The molecule has 0 saturated carbocycles. The Kier molecular flexibility index (Phi) is 5.40. The lowest BCUT2D eigenvalue weighted by atomic mass is 10.2. The summed E-state index contributed by atoms with van der Waals surface area (Å²) in [6.45, 7) is 0. The van der Waals surface area contributed by atoms with Gasteiger partial charge in [-0.25, -0.2) is 8.42 Å². The third kappa shape index (κ3) is 5.12. The standard InChI is InChI=1S/C15H9F6NO4S/c16-14(17,18)26-11-5-3-10(4-6-11)22-13(23)9-1-7-12(8-2-9)27(24,25)15(19,20)21/h1-8H,(H,22,23). The van der Waals surface area contributed by atoms with Crippen molar-refractivity contribution in [3.63, 3.8) is 0 Å². The van der Waals surface area contributed by atoms with Crippen LogP contribution in [0.3, 0.4) is 0 Å². The number of nitrogens with one attached hydrogen (secondary N) is 1. The highest BCUT2D eigenvalue weighted by Gasteiger charge is 2.46. The molecule has 0 spiro atoms. The third-order valence-corrected chi connectivity index (χ3v) is 4.58. The Bertz CT molecular complexity index is 919. The van der Waals surface area contributed by atoms with Gasteiger partial charge in [-0.3, -0.25) is 4.79 Å². The summed E-state index contributed by atoms with van der Waals surface area (Å²) in [4.78, 5) is 11.0. The van der Waals surface area contributed by atoms with Crippen molar-refractivity contribution < 1.29 is 44.3 Å². The summed E-state index contributed by atoms with van der Waals surface area (Å²) >= 11 is 0. The summed E-state index contributed by atoms with van der Waals surface area (Å²) in [5, 5.41) is 2.29. The van der Waals surface area contributed by atoms with E-state index in [1.54, 1.807) is 0 Å². The molecule has 0 heterocycles. The van der Waals surface area contributed by atoms with Crippen LogP contribution in [0.15, 0.2) is 53.4 Å². The number of rotatable bonds is 4. The number of carbonyl (C=O) groups excluding carboxylic acids is 1. The van der Waals surface area contributed by atoms with E-state index in [1.807, 2.05) is 0 Å². The van der Waals surface area contributed by atoms with Gasteiger partial charge in [-0.05, 0) is 48.5 Å². The summed E-state index contributed by atoms with van der Waals surface area (Å²) in [6.07, 6.45) is -4.87. The summed E-state index contributed by atoms with van der Waals surface area (Å²) in [6, 6.07) is 7.10. The summed E-state index contributed by atoms with van der Waals surface area (Å²) in [7, 11) is -5.54. The molecule has 0 unspecified atom stereocenters. The molecule has 0 atom stereocenters. The van der Waals surface area contributed by atoms with Gasteiger partial charge in [-0.1, -0.05) is 0 Å². The molecule has 12 heteroatoms. The van der Waals surface area contributed by atoms with Gasteiger partial charge in [-0.15, -0.1) is 13.2 Å². The van der Waals surface area contributed by atoms with Crippen LogP contribution in [0.25, 0.3) is 0 Å². The van der Waals surface area contributed by atoms with Crippen molar-refractivity contribution in [3.8, 4) is 5.75 Å². The molecule has 2 rings (SSSR count). The van der Waals surface area contributed by atoms with Gasteiger partial charge < -0.3 is 10.1 Å². The zero-order valence-corrected chi connectivity index (χ0v) is 13.7. The molecule has 0 radical (unpaired) electrons. The van der Waals surface area contributed by atoms with Crippen molar-refractivity contribution in [2.75, 3.05) is 5.32 Å². The van der Waals surface area contributed by atoms with E-state index in [4.69, 9.17) is 0 Å². The molecule has 0 aliphatic heterocycles. The smallest absolute Gasteiger partial charge is 0.406 e. The second kappa shape index (κ2) is 7.10. The predicted molar refractivity (Wildman–Crippen MR) is 80.8 cm³/mol. The Morgan fingerprint density at radius 1 is 0.852 bits per heavy atom. The van der Waals surface area contributed by atoms with Crippen molar-refractivity contribution in [1.29, 1.82) is 0 Å². The number of carbonyl (C=O) groups is 1. The minimum Gasteiger partial charge on any atom is -0.406 e. The Balaban J connectivity index is 2.11. The largest absolute Gasteiger partial charge is 0.573 e. The summed E-state index contributed by atoms with van der Waals surface area (Å²) in [5.41, 5.74) is -5.55. The Hall–Kier alpha value is -2.76. The molecule has 0 aliphatic carbocycles. The van der Waals surface area contributed by atoms with Crippen molar-refractivity contribution >= 4 is 21.4 Å². The van der Waals surface area contributed by atoms with Gasteiger partial charge in [0.25, 0.3) is 15.7 Å². The van der Waals surface area contributed by atoms with Gasteiger partial charge in [0.05, 0.1) is 4.90 Å². The van der Waals surface area contributed by atoms with Gasteiger partial charge in [0.1, 0.15) is 5.75 Å². The third-order valence-electron chi connectivity index (χ3n) is 3.08. The van der Waals surface area contributed by atoms with Crippen LogP contribution in [0.5, 0.6) is 5.75 Å². The molecule has 27 heavy (non-hydrogen) atoms. The maximum Gasteiger partial charge on any atom is 0.573 e. The Morgan fingerprint density at radius 2 is 1.37 bits per heavy atom. The number of benzene rings is 2. The molecule has 0 aromatic heterocycles. The molecule has 2 aromatic carbocycles. The van der Waals surface area contributed by atoms with Crippen molar-refractivity contribution in [1.82, 2.24) is 0 Å². The molecule has 0 fully saturated rings. The monoisotopic (exact) mass is 413 g/mol. The van der Waals surface area contributed by atoms with Gasteiger partial charge in [0.15, 0.2) is 0 Å². The van der Waals surface area contributed by atoms with E-state index in [-0.39, 0.29) is 11.3 Å². The zero-order chi connectivity index (χ0) is 20.5. The fourth-order valence-corrected chi connectivity index (χ4v) is 2.62. The van der Waals surface area contributed by atoms with E-state index >= 15 is 0 Å². The molecule has 0 bridgehead atoms. The first-order valence-corrected chi connectivity index (χ1v) is 8.36. The van der Waals surface area contributed by atoms with E-state index < -0.39 is 38.3 Å².